The van der Waals surface area contributed by atoms with Gasteiger partial charge in [-0.1, -0.05) is 139 Å². The number of benzene rings is 7. The van der Waals surface area contributed by atoms with Gasteiger partial charge in [-0.3, -0.25) is 4.79 Å². The Kier molecular flexibility index (Phi) is 26.7. The van der Waals surface area contributed by atoms with E-state index < -0.39 is 34.9 Å². The van der Waals surface area contributed by atoms with Crippen molar-refractivity contribution in [1.29, 1.82) is 5.26 Å². The molecule has 7 aromatic rings. The Morgan fingerprint density at radius 1 is 0.532 bits per heavy atom. The lowest BCUT2D eigenvalue weighted by Gasteiger charge is -2.33. The molecule has 0 atom stereocenters. The summed E-state index contributed by atoms with van der Waals surface area (Å²) in [6.45, 7) is 15.1. The third-order valence-corrected chi connectivity index (χ3v) is 11.0. The zero-order valence-corrected chi connectivity index (χ0v) is 45.3. The van der Waals surface area contributed by atoms with Crippen LogP contribution in [-0.2, 0) is 21.8 Å². The van der Waals surface area contributed by atoms with E-state index >= 15 is 0 Å². The molecule has 0 spiro atoms. The first kappa shape index (κ1) is 66.6. The van der Waals surface area contributed by atoms with Crippen LogP contribution in [0.1, 0.15) is 120 Å². The zero-order valence-electron chi connectivity index (χ0n) is 45.3. The number of aryl methyl sites for hydroxylation is 1. The molecule has 0 amide bonds. The van der Waals surface area contributed by atoms with Gasteiger partial charge in [0.1, 0.15) is 29.0 Å². The molecule has 7 aromatic carbocycles. The highest BCUT2D eigenvalue weighted by atomic mass is 19.4. The highest BCUT2D eigenvalue weighted by Crippen LogP contribution is 2.40. The first-order valence-electron chi connectivity index (χ1n) is 24.5. The summed E-state index contributed by atoms with van der Waals surface area (Å²) in [4.78, 5) is 10.4. The average molecular weight is 1100 g/mol. The molecule has 1 aliphatic rings. The molecule has 1 aliphatic carbocycles. The molecule has 0 N–H and O–H groups in total. The number of ether oxygens (including phenoxy) is 2. The summed E-state index contributed by atoms with van der Waals surface area (Å²) in [6, 6.07) is 33.8. The van der Waals surface area contributed by atoms with Crippen molar-refractivity contribution in [2.24, 2.45) is 0 Å². The molecule has 0 radical (unpaired) electrons. The number of nitrogens with zero attached hydrogens (tertiary/aromatic N) is 1. The van der Waals surface area contributed by atoms with Crippen LogP contribution in [0.5, 0.6) is 51.7 Å². The summed E-state index contributed by atoms with van der Waals surface area (Å²) in [5.41, 5.74) is 2.65. The number of rotatable bonds is 3. The maximum Gasteiger partial charge on any atom is 0.416 e. The molecule has 0 aromatic heterocycles. The Morgan fingerprint density at radius 2 is 0.949 bits per heavy atom. The number of esters is 1. The van der Waals surface area contributed by atoms with Crippen molar-refractivity contribution >= 4 is 5.97 Å². The zero-order chi connectivity index (χ0) is 59.7. The Labute approximate surface area is 457 Å². The number of alkyl halides is 3. The normalized spacial score (nSPS) is 11.8. The smallest absolute Gasteiger partial charge is 0.416 e. The summed E-state index contributed by atoms with van der Waals surface area (Å²) < 4.78 is 81.9. The third kappa shape index (κ3) is 26.4. The van der Waals surface area contributed by atoms with E-state index in [1.165, 1.54) is 112 Å². The molecule has 11 nitrogen and oxygen atoms in total. The minimum absolute atomic E-state index is 0.0611. The van der Waals surface area contributed by atoms with Crippen LogP contribution >= 0.6 is 0 Å². The Bertz CT molecular complexity index is 2850. The molecule has 79 heavy (non-hydrogen) atoms. The van der Waals surface area contributed by atoms with Crippen molar-refractivity contribution in [1.82, 2.24) is 0 Å². The Balaban J connectivity index is 0.000000319. The van der Waals surface area contributed by atoms with E-state index in [1.54, 1.807) is 19.2 Å². The van der Waals surface area contributed by atoms with Gasteiger partial charge in [0.25, 0.3) is 0 Å². The molecule has 0 unspecified atom stereocenters. The second-order valence-electron chi connectivity index (χ2n) is 19.7. The lowest BCUT2D eigenvalue weighted by Crippen LogP contribution is -2.21. The van der Waals surface area contributed by atoms with Crippen molar-refractivity contribution in [2.45, 2.75) is 110 Å². The van der Waals surface area contributed by atoms with Gasteiger partial charge in [-0.2, -0.15) is 18.4 Å². The summed E-state index contributed by atoms with van der Waals surface area (Å²) in [6.07, 6.45) is 2.27. The number of hydrogen-bond acceptors (Lipinski definition) is 11. The van der Waals surface area contributed by atoms with Gasteiger partial charge in [0.05, 0.1) is 24.3 Å². The average Bonchev–Trinajstić information content (AvgIpc) is 3.36. The maximum atomic E-state index is 12.5. The topological polar surface area (TPSA) is 221 Å². The van der Waals surface area contributed by atoms with Crippen LogP contribution in [0.3, 0.4) is 0 Å². The predicted octanol–water partition coefficient (Wildman–Crippen LogP) is 11.5. The van der Waals surface area contributed by atoms with E-state index in [1.807, 2.05) is 30.3 Å². The summed E-state index contributed by atoms with van der Waals surface area (Å²) in [5.74, 6) is -1.85. The molecule has 0 saturated heterocycles. The van der Waals surface area contributed by atoms with Gasteiger partial charge >= 0.3 is 12.1 Å². The van der Waals surface area contributed by atoms with Crippen LogP contribution in [0.15, 0.2) is 146 Å². The molecule has 17 heteroatoms. The third-order valence-electron chi connectivity index (χ3n) is 11.0. The van der Waals surface area contributed by atoms with Gasteiger partial charge in [0, 0.05) is 13.0 Å². The van der Waals surface area contributed by atoms with Crippen LogP contribution < -0.4 is 45.2 Å². The highest BCUT2D eigenvalue weighted by Gasteiger charge is 2.30. The SMILES string of the molecule is CC(=O)Oc1ccc([O-])cc1.COc1cc(C(C)(C)C)c([O-])c(C(C)(C)C)c1.Cc1cc([O-])cc(C(F)(F)F)c1.N#Cc1ccc([O-])cc1.[O-]c1cc(F)cc(F)c1.[O-]c1ccc(C2CCCCC2)cc1.[O-]c1ccc(F)cc1. The number of hydrogen-bond donors (Lipinski definition) is 0. The standard InChI is InChI=1S/C15H24O2.C12H16O.C8H7F3O.C8H8O3.C7H5NO.C6H4F2O.C6H5FO/c1-14(2,3)11-8-10(17-7)9-12(13(11)16)15(4,5)6;13-12-8-6-11(7-9-12)10-4-2-1-3-5-10;1-5-2-6(8(9,10)11)4-7(12)3-5;1-6(9)11-8-4-2-7(10)3-5-8;8-5-6-1-3-7(9)4-2-6;7-4-1-5(8)3-6(9)2-4;7-5-1-3-6(8)4-2-5/h8-9,16H,1-7H3;6-10,13H,1-5H2;2-4,12H,1H3;2-5,10H,1H3;1-4,9H;1-3,9H;1-4,8H/p-7. The monoisotopic (exact) mass is 1090 g/mol. The molecule has 0 heterocycles. The van der Waals surface area contributed by atoms with Crippen LogP contribution in [0, 0.1) is 35.7 Å². The summed E-state index contributed by atoms with van der Waals surface area (Å²) in [7, 11) is 1.64. The van der Waals surface area contributed by atoms with Gasteiger partial charge < -0.3 is 45.2 Å². The van der Waals surface area contributed by atoms with Gasteiger partial charge in [-0.25, -0.2) is 13.2 Å². The highest BCUT2D eigenvalue weighted by molar-refractivity contribution is 5.69. The van der Waals surface area contributed by atoms with Gasteiger partial charge in [0.2, 0.25) is 0 Å². The predicted molar refractivity (Wildman–Crippen MR) is 277 cm³/mol. The molecule has 0 aliphatic heterocycles. The van der Waals surface area contributed by atoms with E-state index in [9.17, 15) is 66.9 Å². The summed E-state index contributed by atoms with van der Waals surface area (Å²) in [5, 5.41) is 83.8. The Hall–Kier alpha value is -8.52. The molecule has 1 saturated carbocycles. The lowest BCUT2D eigenvalue weighted by atomic mass is 9.79. The largest absolute Gasteiger partial charge is 0.872 e. The van der Waals surface area contributed by atoms with Crippen molar-refractivity contribution < 1.29 is 76.4 Å². The van der Waals surface area contributed by atoms with Crippen LogP contribution in [0.4, 0.5) is 26.3 Å². The fourth-order valence-electron chi connectivity index (χ4n) is 7.09. The van der Waals surface area contributed by atoms with E-state index in [0.29, 0.717) is 34.9 Å². The van der Waals surface area contributed by atoms with E-state index in [0.717, 1.165) is 53.3 Å². The van der Waals surface area contributed by atoms with Gasteiger partial charge in [-0.05, 0) is 120 Å². The fraction of sp³-hybridized carbons (Fsp3) is 0.290. The van der Waals surface area contributed by atoms with E-state index in [4.69, 9.17) is 14.7 Å². The summed E-state index contributed by atoms with van der Waals surface area (Å²) >= 11 is 0. The second kappa shape index (κ2) is 31.6. The molecule has 0 bridgehead atoms. The minimum Gasteiger partial charge on any atom is -0.872 e. The molecular formula is C62H62F6NO10-7. The van der Waals surface area contributed by atoms with E-state index in [-0.39, 0.29) is 51.4 Å². The van der Waals surface area contributed by atoms with Crippen LogP contribution in [0.25, 0.3) is 0 Å². The van der Waals surface area contributed by atoms with Crippen LogP contribution in [-0.4, -0.2) is 13.1 Å². The number of methoxy groups -OCH3 is 1. The fourth-order valence-corrected chi connectivity index (χ4v) is 7.09. The minimum atomic E-state index is -4.43. The van der Waals surface area contributed by atoms with E-state index in [2.05, 4.69) is 41.5 Å². The van der Waals surface area contributed by atoms with Gasteiger partial charge in [0.15, 0.2) is 0 Å². The molecule has 1 fully saturated rings. The number of halogens is 6. The first-order valence-corrected chi connectivity index (χ1v) is 24.5. The molecule has 424 valence electrons. The van der Waals surface area contributed by atoms with Crippen LogP contribution in [0.2, 0.25) is 0 Å². The maximum absolute atomic E-state index is 12.5. The van der Waals surface area contributed by atoms with Crippen molar-refractivity contribution in [3.05, 3.63) is 196 Å². The second-order valence-corrected chi connectivity index (χ2v) is 19.7. The number of carbonyl (C=O) groups excluding carboxylic acids is 1. The van der Waals surface area contributed by atoms with Gasteiger partial charge in [-0.15, -0.1) is 40.2 Å². The molecular weight excluding hydrogens is 1030 g/mol. The quantitative estimate of drug-likeness (QED) is 0.0920. The van der Waals surface area contributed by atoms with Crippen molar-refractivity contribution in [2.75, 3.05) is 7.11 Å². The van der Waals surface area contributed by atoms with Crippen molar-refractivity contribution in [3.8, 4) is 57.8 Å². The lowest BCUT2D eigenvalue weighted by molar-refractivity contribution is -0.272. The molecule has 8 rings (SSSR count). The Morgan fingerprint density at radius 3 is 1.32 bits per heavy atom. The van der Waals surface area contributed by atoms with Crippen molar-refractivity contribution in [3.63, 3.8) is 0 Å². The first-order chi connectivity index (χ1) is 36.8. The number of carbonyl (C=O) groups is 1. The number of nitriles is 1.